The van der Waals surface area contributed by atoms with Crippen LogP contribution in [0.1, 0.15) is 22.5 Å². The molecule has 0 bridgehead atoms. The van der Waals surface area contributed by atoms with E-state index in [4.69, 9.17) is 10.6 Å². The predicted octanol–water partition coefficient (Wildman–Crippen LogP) is 2.00. The molecular weight excluding hydrogens is 404 g/mol. The molecule has 0 fully saturated rings. The molecule has 1 aliphatic heterocycles. The molecule has 10 heteroatoms. The molecule has 0 saturated heterocycles. The van der Waals surface area contributed by atoms with E-state index in [2.05, 4.69) is 19.5 Å². The van der Waals surface area contributed by atoms with Crippen molar-refractivity contribution >= 4 is 28.1 Å². The first-order chi connectivity index (χ1) is 14.5. The fraction of sp³-hybridized carbons (Fsp3) is 0.100. The Labute approximate surface area is 173 Å². The molecule has 2 heterocycles. The maximum Gasteiger partial charge on any atom is 0.348 e. The molecule has 0 radical (unpaired) electrons. The summed E-state index contributed by atoms with van der Waals surface area (Å²) in [6.07, 6.45) is 2.79. The first kappa shape index (κ1) is 19.5. The van der Waals surface area contributed by atoms with E-state index in [0.717, 1.165) is 15.4 Å². The predicted molar refractivity (Wildman–Crippen MR) is 113 cm³/mol. The number of aromatic nitrogens is 2. The Morgan fingerprint density at radius 2 is 1.70 bits per heavy atom. The van der Waals surface area contributed by atoms with Gasteiger partial charge >= 0.3 is 10.2 Å². The third-order valence-electron chi connectivity index (χ3n) is 4.25. The summed E-state index contributed by atoms with van der Waals surface area (Å²) in [5.41, 5.74) is 8.14. The van der Waals surface area contributed by atoms with Crippen molar-refractivity contribution in [2.45, 2.75) is 13.2 Å². The normalized spacial score (nSPS) is 14.9. The second-order valence-electron chi connectivity index (χ2n) is 6.41. The lowest BCUT2D eigenvalue weighted by molar-refractivity contribution is 0.132. The number of benzene rings is 2. The Morgan fingerprint density at radius 3 is 2.40 bits per heavy atom. The molecule has 2 N–H and O–H groups in total. The molecule has 1 aliphatic rings. The van der Waals surface area contributed by atoms with Gasteiger partial charge in [-0.25, -0.2) is 14.3 Å². The molecule has 152 valence electrons. The van der Waals surface area contributed by atoms with Crippen LogP contribution < -0.4 is 10.0 Å². The van der Waals surface area contributed by atoms with Crippen LogP contribution >= 0.6 is 0 Å². The van der Waals surface area contributed by atoms with Crippen LogP contribution in [-0.2, 0) is 28.2 Å². The van der Waals surface area contributed by atoms with Crippen LogP contribution in [-0.4, -0.2) is 30.4 Å². The quantitative estimate of drug-likeness (QED) is 0.479. The monoisotopic (exact) mass is 422 g/mol. The van der Waals surface area contributed by atoms with E-state index in [1.165, 1.54) is 12.4 Å². The van der Waals surface area contributed by atoms with E-state index < -0.39 is 10.2 Å². The molecule has 0 amide bonds. The zero-order valence-corrected chi connectivity index (χ0v) is 16.6. The zero-order chi connectivity index (χ0) is 21.0. The van der Waals surface area contributed by atoms with Crippen LogP contribution in [0.4, 0.5) is 5.82 Å². The highest BCUT2D eigenvalue weighted by Gasteiger charge is 2.33. The number of hydrogen-bond donors (Lipinski definition) is 1. The second-order valence-corrected chi connectivity index (χ2v) is 7.93. The standard InChI is InChI=1S/C20H18N6O3S/c21-19-18-20(26(30(27,28)25-19)13-15-7-3-1-4-8-15)22-11-17(24-18)12-23-29-14-16-9-5-2-6-10-16/h1-12H,13-14H2,(H2,21,25)/b23-12-. The maximum absolute atomic E-state index is 12.5. The summed E-state index contributed by atoms with van der Waals surface area (Å²) in [5, 5.41) is 3.89. The van der Waals surface area contributed by atoms with Gasteiger partial charge in [0.2, 0.25) is 0 Å². The number of nitrogens with zero attached hydrogens (tertiary/aromatic N) is 5. The molecule has 4 rings (SSSR count). The summed E-state index contributed by atoms with van der Waals surface area (Å²) < 4.78 is 29.8. The van der Waals surface area contributed by atoms with Crippen molar-refractivity contribution in [3.05, 3.63) is 89.4 Å². The third-order valence-corrected chi connectivity index (χ3v) is 5.53. The molecule has 3 aromatic rings. The highest BCUT2D eigenvalue weighted by atomic mass is 32.2. The number of anilines is 1. The minimum absolute atomic E-state index is 0.0647. The van der Waals surface area contributed by atoms with E-state index in [1.807, 2.05) is 60.7 Å². The van der Waals surface area contributed by atoms with Crippen molar-refractivity contribution in [1.82, 2.24) is 9.97 Å². The van der Waals surface area contributed by atoms with Gasteiger partial charge in [-0.1, -0.05) is 65.8 Å². The number of hydrogen-bond acceptors (Lipinski definition) is 7. The average molecular weight is 422 g/mol. The van der Waals surface area contributed by atoms with Gasteiger partial charge in [0.1, 0.15) is 12.3 Å². The maximum atomic E-state index is 12.5. The van der Waals surface area contributed by atoms with Crippen molar-refractivity contribution in [2.75, 3.05) is 4.31 Å². The fourth-order valence-corrected chi connectivity index (χ4v) is 3.92. The van der Waals surface area contributed by atoms with Gasteiger partial charge in [0.25, 0.3) is 0 Å². The molecule has 0 aliphatic carbocycles. The molecule has 30 heavy (non-hydrogen) atoms. The van der Waals surface area contributed by atoms with Gasteiger partial charge in [-0.05, 0) is 11.1 Å². The summed E-state index contributed by atoms with van der Waals surface area (Å²) in [6, 6.07) is 18.7. The summed E-state index contributed by atoms with van der Waals surface area (Å²) in [4.78, 5) is 13.9. The Morgan fingerprint density at radius 1 is 1.03 bits per heavy atom. The largest absolute Gasteiger partial charge is 0.391 e. The third kappa shape index (κ3) is 4.28. The first-order valence-electron chi connectivity index (χ1n) is 9.01. The highest BCUT2D eigenvalue weighted by molar-refractivity contribution is 7.91. The fourth-order valence-electron chi connectivity index (χ4n) is 2.82. The lowest BCUT2D eigenvalue weighted by Crippen LogP contribution is -2.38. The van der Waals surface area contributed by atoms with Crippen LogP contribution in [0.5, 0.6) is 0 Å². The van der Waals surface area contributed by atoms with Gasteiger partial charge in [-0.3, -0.25) is 0 Å². The Balaban J connectivity index is 1.56. The molecule has 0 saturated carbocycles. The van der Waals surface area contributed by atoms with Crippen molar-refractivity contribution in [2.24, 2.45) is 15.3 Å². The van der Waals surface area contributed by atoms with Gasteiger partial charge in [0, 0.05) is 0 Å². The average Bonchev–Trinajstić information content (AvgIpc) is 2.75. The molecule has 0 unspecified atom stereocenters. The molecule has 0 spiro atoms. The van der Waals surface area contributed by atoms with Crippen LogP contribution in [0, 0.1) is 0 Å². The Hall–Kier alpha value is -3.79. The molecular formula is C20H18N6O3S. The summed E-state index contributed by atoms with van der Waals surface area (Å²) in [6.45, 7) is 0.373. The van der Waals surface area contributed by atoms with Gasteiger partial charge in [-0.15, -0.1) is 4.40 Å². The number of oxime groups is 1. The van der Waals surface area contributed by atoms with E-state index in [9.17, 15) is 8.42 Å². The smallest absolute Gasteiger partial charge is 0.348 e. The minimum atomic E-state index is -4.01. The SMILES string of the molecule is NC1=NS(=O)(=O)N(Cc2ccccc2)c2ncc(/C=N\OCc3ccccc3)nc21. The van der Waals surface area contributed by atoms with Gasteiger partial charge in [0.15, 0.2) is 17.3 Å². The van der Waals surface area contributed by atoms with Gasteiger partial charge in [-0.2, -0.15) is 8.42 Å². The zero-order valence-electron chi connectivity index (χ0n) is 15.8. The van der Waals surface area contributed by atoms with Gasteiger partial charge in [0.05, 0.1) is 19.0 Å². The molecule has 0 atom stereocenters. The van der Waals surface area contributed by atoms with Crippen LogP contribution in [0.15, 0.2) is 76.4 Å². The molecule has 2 aromatic carbocycles. The van der Waals surface area contributed by atoms with Crippen molar-refractivity contribution < 1.29 is 13.3 Å². The minimum Gasteiger partial charge on any atom is -0.391 e. The molecule has 1 aromatic heterocycles. The summed E-state index contributed by atoms with van der Waals surface area (Å²) >= 11 is 0. The van der Waals surface area contributed by atoms with Gasteiger partial charge < -0.3 is 10.6 Å². The number of nitrogens with two attached hydrogens (primary N) is 1. The van der Waals surface area contributed by atoms with E-state index in [0.29, 0.717) is 12.3 Å². The van der Waals surface area contributed by atoms with E-state index in [1.54, 1.807) is 0 Å². The van der Waals surface area contributed by atoms with Crippen molar-refractivity contribution in [1.29, 1.82) is 0 Å². The Bertz CT molecular complexity index is 1200. The highest BCUT2D eigenvalue weighted by Crippen LogP contribution is 2.27. The topological polar surface area (TPSA) is 123 Å². The summed E-state index contributed by atoms with van der Waals surface area (Å²) in [7, 11) is -4.01. The second kappa shape index (κ2) is 8.29. The number of rotatable bonds is 6. The number of amidine groups is 1. The Kier molecular flexibility index (Phi) is 5.40. The van der Waals surface area contributed by atoms with E-state index in [-0.39, 0.29) is 23.9 Å². The number of fused-ring (bicyclic) bond motifs is 1. The van der Waals surface area contributed by atoms with Crippen LogP contribution in [0.25, 0.3) is 0 Å². The lowest BCUT2D eigenvalue weighted by atomic mass is 10.2. The van der Waals surface area contributed by atoms with Crippen molar-refractivity contribution in [3.8, 4) is 0 Å². The van der Waals surface area contributed by atoms with Crippen LogP contribution in [0.2, 0.25) is 0 Å². The summed E-state index contributed by atoms with van der Waals surface area (Å²) in [5.74, 6) is -0.101. The lowest BCUT2D eigenvalue weighted by Gasteiger charge is -2.26. The van der Waals surface area contributed by atoms with Crippen molar-refractivity contribution in [3.63, 3.8) is 0 Å². The van der Waals surface area contributed by atoms with Crippen LogP contribution in [0.3, 0.4) is 0 Å². The first-order valence-corrected chi connectivity index (χ1v) is 10.4. The van der Waals surface area contributed by atoms with E-state index >= 15 is 0 Å². The molecule has 9 nitrogen and oxygen atoms in total.